The van der Waals surface area contributed by atoms with Crippen LogP contribution in [0.3, 0.4) is 0 Å². The number of para-hydroxylation sites is 1. The molecule has 0 aliphatic carbocycles. The Labute approximate surface area is 152 Å². The van der Waals surface area contributed by atoms with Crippen LogP contribution in [0, 0.1) is 10.1 Å². The van der Waals surface area contributed by atoms with Crippen molar-refractivity contribution in [2.45, 2.75) is 13.0 Å². The Morgan fingerprint density at radius 1 is 1.22 bits per heavy atom. The second-order valence-electron chi connectivity index (χ2n) is 5.61. The molecular formula is C17H13N5O5. The van der Waals surface area contributed by atoms with Gasteiger partial charge in [-0.1, -0.05) is 12.1 Å². The minimum absolute atomic E-state index is 0.0599. The molecule has 1 atom stereocenters. The molecule has 27 heavy (non-hydrogen) atoms. The number of nitro benzene ring substituents is 1. The lowest BCUT2D eigenvalue weighted by atomic mass is 10.1. The van der Waals surface area contributed by atoms with Crippen molar-refractivity contribution >= 4 is 28.9 Å². The third-order valence-corrected chi connectivity index (χ3v) is 3.77. The number of nitrogens with zero attached hydrogens (tertiary/aromatic N) is 5. The molecular weight excluding hydrogens is 354 g/mol. The summed E-state index contributed by atoms with van der Waals surface area (Å²) in [5, 5.41) is 32.8. The SMILES string of the molecule is CC1=NN(C(=O)c2ccccc2O)C(=O)[C@@H]1N=Nc1ccc([N+](=O)[O-])cc1. The molecule has 0 aromatic heterocycles. The van der Waals surface area contributed by atoms with Gasteiger partial charge in [-0.25, -0.2) is 0 Å². The Hall–Kier alpha value is -3.95. The van der Waals surface area contributed by atoms with Gasteiger partial charge in [0.15, 0.2) is 6.04 Å². The van der Waals surface area contributed by atoms with Crippen molar-refractivity contribution in [3.05, 3.63) is 64.2 Å². The highest BCUT2D eigenvalue weighted by molar-refractivity contribution is 6.18. The summed E-state index contributed by atoms with van der Waals surface area (Å²) in [6, 6.07) is 10.0. The van der Waals surface area contributed by atoms with Crippen LogP contribution in [-0.4, -0.2) is 38.6 Å². The second-order valence-corrected chi connectivity index (χ2v) is 5.61. The predicted octanol–water partition coefficient (Wildman–Crippen LogP) is 2.81. The molecule has 1 N–H and O–H groups in total. The lowest BCUT2D eigenvalue weighted by molar-refractivity contribution is -0.384. The Bertz CT molecular complexity index is 983. The van der Waals surface area contributed by atoms with E-state index in [0.717, 1.165) is 0 Å². The topological polar surface area (TPSA) is 138 Å². The standard InChI is InChI=1S/C17H13N5O5/c1-10-15(19-18-11-6-8-12(9-7-11)22(26)27)17(25)21(20-10)16(24)13-4-2-3-5-14(13)23/h2-9,15,23H,1H3/t15-/m1/s1. The number of benzene rings is 2. The number of rotatable bonds is 4. The van der Waals surface area contributed by atoms with E-state index in [2.05, 4.69) is 15.3 Å². The van der Waals surface area contributed by atoms with Gasteiger partial charge >= 0.3 is 0 Å². The van der Waals surface area contributed by atoms with Gasteiger partial charge in [0, 0.05) is 12.1 Å². The molecule has 136 valence electrons. The van der Waals surface area contributed by atoms with E-state index in [4.69, 9.17) is 0 Å². The number of carbonyl (C=O) groups excluding carboxylic acids is 2. The van der Waals surface area contributed by atoms with Crippen molar-refractivity contribution in [2.75, 3.05) is 0 Å². The van der Waals surface area contributed by atoms with Crippen LogP contribution in [0.5, 0.6) is 5.75 Å². The molecule has 0 saturated carbocycles. The Morgan fingerprint density at radius 2 is 1.89 bits per heavy atom. The number of aromatic hydroxyl groups is 1. The molecule has 1 heterocycles. The number of hydrogen-bond donors (Lipinski definition) is 1. The number of amides is 2. The summed E-state index contributed by atoms with van der Waals surface area (Å²) >= 11 is 0. The third-order valence-electron chi connectivity index (χ3n) is 3.77. The molecule has 10 heteroatoms. The van der Waals surface area contributed by atoms with Gasteiger partial charge in [0.2, 0.25) is 0 Å². The monoisotopic (exact) mass is 367 g/mol. The smallest absolute Gasteiger partial charge is 0.285 e. The van der Waals surface area contributed by atoms with Gasteiger partial charge in [0.25, 0.3) is 17.5 Å². The van der Waals surface area contributed by atoms with Gasteiger partial charge in [-0.15, -0.1) is 0 Å². The first-order valence-electron chi connectivity index (χ1n) is 7.75. The normalized spacial score (nSPS) is 16.6. The van der Waals surface area contributed by atoms with Gasteiger partial charge < -0.3 is 5.11 Å². The van der Waals surface area contributed by atoms with Crippen LogP contribution in [0.1, 0.15) is 17.3 Å². The molecule has 0 saturated heterocycles. The number of hydrazone groups is 1. The average molecular weight is 367 g/mol. The quantitative estimate of drug-likeness (QED) is 0.383. The van der Waals surface area contributed by atoms with Gasteiger partial charge in [-0.2, -0.15) is 20.3 Å². The zero-order valence-electron chi connectivity index (χ0n) is 14.0. The van der Waals surface area contributed by atoms with Gasteiger partial charge in [-0.05, 0) is 31.2 Å². The fourth-order valence-electron chi connectivity index (χ4n) is 2.37. The zero-order chi connectivity index (χ0) is 19.6. The van der Waals surface area contributed by atoms with E-state index in [1.165, 1.54) is 43.3 Å². The molecule has 3 rings (SSSR count). The number of azo groups is 1. The Balaban J connectivity index is 1.78. The number of phenols is 1. The fourth-order valence-corrected chi connectivity index (χ4v) is 2.37. The predicted molar refractivity (Wildman–Crippen MR) is 93.8 cm³/mol. The largest absolute Gasteiger partial charge is 0.507 e. The van der Waals surface area contributed by atoms with Gasteiger partial charge in [0.05, 0.1) is 21.9 Å². The number of non-ortho nitro benzene ring substituents is 1. The molecule has 2 aromatic carbocycles. The number of nitro groups is 1. The van der Waals surface area contributed by atoms with E-state index in [1.807, 2.05) is 0 Å². The molecule has 0 fully saturated rings. The van der Waals surface area contributed by atoms with Gasteiger partial charge in [0.1, 0.15) is 5.75 Å². The molecule has 2 aromatic rings. The summed E-state index contributed by atoms with van der Waals surface area (Å²) < 4.78 is 0. The molecule has 1 aliphatic heterocycles. The minimum atomic E-state index is -1.09. The van der Waals surface area contributed by atoms with E-state index in [-0.39, 0.29) is 22.7 Å². The summed E-state index contributed by atoms with van der Waals surface area (Å²) in [4.78, 5) is 35.0. The molecule has 0 radical (unpaired) electrons. The zero-order valence-corrected chi connectivity index (χ0v) is 14.0. The highest BCUT2D eigenvalue weighted by Crippen LogP contribution is 2.23. The van der Waals surface area contributed by atoms with Crippen molar-refractivity contribution in [1.82, 2.24) is 5.01 Å². The van der Waals surface area contributed by atoms with Crippen LogP contribution in [0.4, 0.5) is 11.4 Å². The van der Waals surface area contributed by atoms with Crippen molar-refractivity contribution in [3.63, 3.8) is 0 Å². The van der Waals surface area contributed by atoms with Gasteiger partial charge in [-0.3, -0.25) is 19.7 Å². The van der Waals surface area contributed by atoms with Crippen molar-refractivity contribution in [1.29, 1.82) is 0 Å². The van der Waals surface area contributed by atoms with E-state index in [9.17, 15) is 24.8 Å². The molecule has 1 aliphatic rings. The molecule has 2 amide bonds. The Kier molecular flexibility index (Phi) is 4.71. The van der Waals surface area contributed by atoms with Crippen LogP contribution in [0.2, 0.25) is 0 Å². The molecule has 0 unspecified atom stereocenters. The maximum atomic E-state index is 12.5. The third kappa shape index (κ3) is 3.54. The van der Waals surface area contributed by atoms with Crippen LogP contribution in [-0.2, 0) is 4.79 Å². The Morgan fingerprint density at radius 3 is 2.52 bits per heavy atom. The fraction of sp³-hybridized carbons (Fsp3) is 0.118. The first kappa shape index (κ1) is 17.9. The van der Waals surface area contributed by atoms with Crippen molar-refractivity contribution in [3.8, 4) is 5.75 Å². The maximum Gasteiger partial charge on any atom is 0.285 e. The number of hydrogen-bond acceptors (Lipinski definition) is 8. The highest BCUT2D eigenvalue weighted by atomic mass is 16.6. The first-order chi connectivity index (χ1) is 12.9. The van der Waals surface area contributed by atoms with Crippen LogP contribution in [0.25, 0.3) is 0 Å². The first-order valence-corrected chi connectivity index (χ1v) is 7.75. The van der Waals surface area contributed by atoms with Crippen molar-refractivity contribution in [2.24, 2.45) is 15.3 Å². The number of phenolic OH excluding ortho intramolecular Hbond substituents is 1. The van der Waals surface area contributed by atoms with E-state index < -0.39 is 22.8 Å². The van der Waals surface area contributed by atoms with E-state index in [0.29, 0.717) is 10.7 Å². The lowest BCUT2D eigenvalue weighted by Crippen LogP contribution is -2.34. The van der Waals surface area contributed by atoms with E-state index in [1.54, 1.807) is 12.1 Å². The van der Waals surface area contributed by atoms with Crippen LogP contribution < -0.4 is 0 Å². The molecule has 0 spiro atoms. The van der Waals surface area contributed by atoms with E-state index >= 15 is 0 Å². The maximum absolute atomic E-state index is 12.5. The summed E-state index contributed by atoms with van der Waals surface area (Å²) in [5.41, 5.74) is 0.416. The molecule has 10 nitrogen and oxygen atoms in total. The van der Waals surface area contributed by atoms with Crippen LogP contribution >= 0.6 is 0 Å². The average Bonchev–Trinajstić information content (AvgIpc) is 2.94. The molecule has 0 bridgehead atoms. The minimum Gasteiger partial charge on any atom is -0.507 e. The second kappa shape index (κ2) is 7.12. The summed E-state index contributed by atoms with van der Waals surface area (Å²) in [6.07, 6.45) is 0. The summed E-state index contributed by atoms with van der Waals surface area (Å²) in [7, 11) is 0. The summed E-state index contributed by atoms with van der Waals surface area (Å²) in [6.45, 7) is 1.52. The van der Waals surface area contributed by atoms with Crippen LogP contribution in [0.15, 0.2) is 63.9 Å². The van der Waals surface area contributed by atoms with Crippen molar-refractivity contribution < 1.29 is 19.6 Å². The lowest BCUT2D eigenvalue weighted by Gasteiger charge is -2.11. The number of carbonyl (C=O) groups is 2. The number of imide groups is 1. The highest BCUT2D eigenvalue weighted by Gasteiger charge is 2.38. The summed E-state index contributed by atoms with van der Waals surface area (Å²) in [5.74, 6) is -1.74.